The Kier molecular flexibility index (Phi) is 5.18. The Bertz CT molecular complexity index is 747. The van der Waals surface area contributed by atoms with E-state index in [1.54, 1.807) is 36.4 Å². The SMILES string of the molecule is O=C(COc1ccc(Cl)cc1)N/N=C\c1ccc2c(c1)OCCO2. The first kappa shape index (κ1) is 16.1. The first-order valence-electron chi connectivity index (χ1n) is 7.30. The van der Waals surface area contributed by atoms with Gasteiger partial charge in [-0.2, -0.15) is 5.10 Å². The molecule has 0 radical (unpaired) electrons. The second kappa shape index (κ2) is 7.70. The third-order valence-corrected chi connectivity index (χ3v) is 3.40. The third kappa shape index (κ3) is 4.39. The summed E-state index contributed by atoms with van der Waals surface area (Å²) in [6, 6.07) is 12.2. The number of fused-ring (bicyclic) bond motifs is 1. The molecule has 24 heavy (non-hydrogen) atoms. The van der Waals surface area contributed by atoms with Crippen molar-refractivity contribution in [2.45, 2.75) is 0 Å². The lowest BCUT2D eigenvalue weighted by Crippen LogP contribution is -2.24. The summed E-state index contributed by atoms with van der Waals surface area (Å²) in [7, 11) is 0. The van der Waals surface area contributed by atoms with Crippen LogP contribution in [0.1, 0.15) is 5.56 Å². The Labute approximate surface area is 144 Å². The van der Waals surface area contributed by atoms with Crippen LogP contribution in [0.5, 0.6) is 17.2 Å². The van der Waals surface area contributed by atoms with Gasteiger partial charge in [0, 0.05) is 5.02 Å². The highest BCUT2D eigenvalue weighted by atomic mass is 35.5. The number of hydrazone groups is 1. The molecule has 0 saturated heterocycles. The number of carbonyl (C=O) groups is 1. The van der Waals surface area contributed by atoms with Crippen LogP contribution in [0.15, 0.2) is 47.6 Å². The zero-order chi connectivity index (χ0) is 16.8. The minimum Gasteiger partial charge on any atom is -0.486 e. The van der Waals surface area contributed by atoms with Gasteiger partial charge in [0.25, 0.3) is 5.91 Å². The molecule has 124 valence electrons. The first-order valence-corrected chi connectivity index (χ1v) is 7.68. The van der Waals surface area contributed by atoms with Crippen LogP contribution in [0.25, 0.3) is 0 Å². The van der Waals surface area contributed by atoms with Gasteiger partial charge in [0.15, 0.2) is 18.1 Å². The van der Waals surface area contributed by atoms with Gasteiger partial charge in [0.2, 0.25) is 0 Å². The zero-order valence-electron chi connectivity index (χ0n) is 12.7. The Morgan fingerprint density at radius 1 is 1.17 bits per heavy atom. The van der Waals surface area contributed by atoms with Crippen molar-refractivity contribution in [1.82, 2.24) is 5.43 Å². The van der Waals surface area contributed by atoms with Crippen molar-refractivity contribution in [3.05, 3.63) is 53.1 Å². The molecule has 2 aromatic rings. The molecule has 3 rings (SSSR count). The van der Waals surface area contributed by atoms with Crippen LogP contribution >= 0.6 is 11.6 Å². The van der Waals surface area contributed by atoms with E-state index < -0.39 is 0 Å². The van der Waals surface area contributed by atoms with Crippen LogP contribution in [0.2, 0.25) is 5.02 Å². The van der Waals surface area contributed by atoms with Gasteiger partial charge in [-0.25, -0.2) is 5.43 Å². The molecule has 1 aliphatic heterocycles. The second-order valence-corrected chi connectivity index (χ2v) is 5.38. The quantitative estimate of drug-likeness (QED) is 0.667. The van der Waals surface area contributed by atoms with E-state index in [4.69, 9.17) is 25.8 Å². The van der Waals surface area contributed by atoms with E-state index in [2.05, 4.69) is 10.5 Å². The summed E-state index contributed by atoms with van der Waals surface area (Å²) in [6.45, 7) is 0.927. The Morgan fingerprint density at radius 3 is 2.71 bits per heavy atom. The third-order valence-electron chi connectivity index (χ3n) is 3.15. The molecule has 1 N–H and O–H groups in total. The van der Waals surface area contributed by atoms with Crippen LogP contribution in [0.3, 0.4) is 0 Å². The number of nitrogens with zero attached hydrogens (tertiary/aromatic N) is 1. The van der Waals surface area contributed by atoms with Gasteiger partial charge in [-0.15, -0.1) is 0 Å². The van der Waals surface area contributed by atoms with Crippen molar-refractivity contribution in [2.75, 3.05) is 19.8 Å². The lowest BCUT2D eigenvalue weighted by atomic mass is 10.2. The summed E-state index contributed by atoms with van der Waals surface area (Å²) in [5.74, 6) is 1.57. The van der Waals surface area contributed by atoms with Crippen molar-refractivity contribution in [1.29, 1.82) is 0 Å². The Balaban J connectivity index is 1.48. The molecule has 7 heteroatoms. The van der Waals surface area contributed by atoms with E-state index in [0.717, 1.165) is 5.56 Å². The number of rotatable bonds is 5. The van der Waals surface area contributed by atoms with Gasteiger partial charge < -0.3 is 14.2 Å². The first-order chi connectivity index (χ1) is 11.7. The summed E-state index contributed by atoms with van der Waals surface area (Å²) in [5, 5.41) is 4.50. The predicted molar refractivity (Wildman–Crippen MR) is 90.1 cm³/mol. The lowest BCUT2D eigenvalue weighted by molar-refractivity contribution is -0.123. The Morgan fingerprint density at radius 2 is 1.92 bits per heavy atom. The van der Waals surface area contributed by atoms with Crippen molar-refractivity contribution in [3.63, 3.8) is 0 Å². The fourth-order valence-electron chi connectivity index (χ4n) is 2.03. The van der Waals surface area contributed by atoms with E-state index in [9.17, 15) is 4.79 Å². The van der Waals surface area contributed by atoms with Gasteiger partial charge in [0.05, 0.1) is 6.21 Å². The number of ether oxygens (including phenoxy) is 3. The van der Waals surface area contributed by atoms with Crippen molar-refractivity contribution < 1.29 is 19.0 Å². The van der Waals surface area contributed by atoms with Gasteiger partial charge in [0.1, 0.15) is 19.0 Å². The fraction of sp³-hybridized carbons (Fsp3) is 0.176. The summed E-state index contributed by atoms with van der Waals surface area (Å²) in [5.41, 5.74) is 3.19. The summed E-state index contributed by atoms with van der Waals surface area (Å²) in [6.07, 6.45) is 1.53. The van der Waals surface area contributed by atoms with Crippen molar-refractivity contribution in [3.8, 4) is 17.2 Å². The smallest absolute Gasteiger partial charge is 0.277 e. The molecule has 0 aliphatic carbocycles. The average molecular weight is 347 g/mol. The summed E-state index contributed by atoms with van der Waals surface area (Å²) < 4.78 is 16.2. The topological polar surface area (TPSA) is 69.2 Å². The number of hydrogen-bond acceptors (Lipinski definition) is 5. The maximum absolute atomic E-state index is 11.7. The van der Waals surface area contributed by atoms with Crippen molar-refractivity contribution >= 4 is 23.7 Å². The molecule has 0 fully saturated rings. The second-order valence-electron chi connectivity index (χ2n) is 4.94. The maximum atomic E-state index is 11.7. The maximum Gasteiger partial charge on any atom is 0.277 e. The van der Waals surface area contributed by atoms with Crippen molar-refractivity contribution in [2.24, 2.45) is 5.10 Å². The highest BCUT2D eigenvalue weighted by molar-refractivity contribution is 6.30. The molecule has 0 spiro atoms. The highest BCUT2D eigenvalue weighted by Gasteiger charge is 2.10. The van der Waals surface area contributed by atoms with Crippen LogP contribution in [-0.2, 0) is 4.79 Å². The van der Waals surface area contributed by atoms with E-state index in [1.807, 2.05) is 6.07 Å². The number of halogens is 1. The largest absolute Gasteiger partial charge is 0.486 e. The molecule has 1 aliphatic rings. The molecule has 0 saturated carbocycles. The molecule has 2 aromatic carbocycles. The molecule has 0 atom stereocenters. The number of amides is 1. The normalized spacial score (nSPS) is 12.9. The van der Waals surface area contributed by atoms with E-state index in [-0.39, 0.29) is 12.5 Å². The molecule has 0 unspecified atom stereocenters. The minimum absolute atomic E-state index is 0.139. The van der Waals surface area contributed by atoms with Gasteiger partial charge in [-0.3, -0.25) is 4.79 Å². The molecular formula is C17H15ClN2O4. The number of carbonyl (C=O) groups excluding carboxylic acids is 1. The lowest BCUT2D eigenvalue weighted by Gasteiger charge is -2.18. The fourth-order valence-corrected chi connectivity index (χ4v) is 2.16. The van der Waals surface area contributed by atoms with E-state index in [1.165, 1.54) is 6.21 Å². The monoisotopic (exact) mass is 346 g/mol. The summed E-state index contributed by atoms with van der Waals surface area (Å²) >= 11 is 5.77. The standard InChI is InChI=1S/C17H15ClN2O4/c18-13-2-4-14(5-3-13)24-11-17(21)20-19-10-12-1-6-15-16(9-12)23-8-7-22-15/h1-6,9-10H,7-8,11H2,(H,20,21)/b19-10-. The molecular weight excluding hydrogens is 332 g/mol. The molecule has 6 nitrogen and oxygen atoms in total. The van der Waals surface area contributed by atoms with Gasteiger partial charge in [-0.05, 0) is 48.0 Å². The molecule has 0 aromatic heterocycles. The molecule has 1 amide bonds. The minimum atomic E-state index is -0.362. The van der Waals surface area contributed by atoms with Gasteiger partial charge >= 0.3 is 0 Å². The predicted octanol–water partition coefficient (Wildman–Crippen LogP) is 2.64. The van der Waals surface area contributed by atoms with E-state index >= 15 is 0 Å². The van der Waals surface area contributed by atoms with Gasteiger partial charge in [-0.1, -0.05) is 11.6 Å². The number of nitrogens with one attached hydrogen (secondary N) is 1. The molecule has 0 bridgehead atoms. The van der Waals surface area contributed by atoms with Crippen LogP contribution in [-0.4, -0.2) is 31.9 Å². The van der Waals surface area contributed by atoms with E-state index in [0.29, 0.717) is 35.5 Å². The van der Waals surface area contributed by atoms with Crippen LogP contribution in [0, 0.1) is 0 Å². The molecule has 1 heterocycles. The average Bonchev–Trinajstić information content (AvgIpc) is 2.61. The number of hydrogen-bond donors (Lipinski definition) is 1. The Hall–Kier alpha value is -2.73. The summed E-state index contributed by atoms with van der Waals surface area (Å²) in [4.78, 5) is 11.7. The zero-order valence-corrected chi connectivity index (χ0v) is 13.5. The van der Waals surface area contributed by atoms with Crippen LogP contribution in [0.4, 0.5) is 0 Å². The van der Waals surface area contributed by atoms with Crippen LogP contribution < -0.4 is 19.6 Å². The number of benzene rings is 2. The highest BCUT2D eigenvalue weighted by Crippen LogP contribution is 2.30.